The molecule has 2 aromatic rings. The summed E-state index contributed by atoms with van der Waals surface area (Å²) in [5.74, 6) is 0.169. The van der Waals surface area contributed by atoms with E-state index in [1.807, 2.05) is 36.0 Å². The Balaban J connectivity index is 2.68. The van der Waals surface area contributed by atoms with Crippen molar-refractivity contribution in [3.63, 3.8) is 0 Å². The molecule has 2 nitrogen and oxygen atoms in total. The number of carbonyl (C=O) groups is 1. The number of fused-ring (bicyclic) bond motifs is 1. The van der Waals surface area contributed by atoms with Crippen molar-refractivity contribution in [1.82, 2.24) is 4.57 Å². The van der Waals surface area contributed by atoms with Gasteiger partial charge in [-0.05, 0) is 18.6 Å². The van der Waals surface area contributed by atoms with Crippen LogP contribution in [0.3, 0.4) is 0 Å². The highest BCUT2D eigenvalue weighted by atomic mass is 35.5. The molecule has 0 spiro atoms. The highest BCUT2D eigenvalue weighted by molar-refractivity contribution is 6.35. The first-order chi connectivity index (χ1) is 7.09. The van der Waals surface area contributed by atoms with Crippen molar-refractivity contribution in [3.05, 3.63) is 35.0 Å². The molecule has 2 rings (SSSR count). The van der Waals surface area contributed by atoms with Gasteiger partial charge in [0.05, 0.1) is 10.5 Å². The Morgan fingerprint density at radius 1 is 1.47 bits per heavy atom. The lowest BCUT2D eigenvalue weighted by molar-refractivity contribution is -0.116. The third-order valence-electron chi connectivity index (χ3n) is 2.47. The highest BCUT2D eigenvalue weighted by Crippen LogP contribution is 2.27. The number of aryl methyl sites for hydroxylation is 1. The van der Waals surface area contributed by atoms with Gasteiger partial charge < -0.3 is 4.57 Å². The van der Waals surface area contributed by atoms with Gasteiger partial charge in [-0.2, -0.15) is 0 Å². The molecule has 0 N–H and O–H groups in total. The molecule has 0 radical (unpaired) electrons. The molecule has 78 valence electrons. The van der Waals surface area contributed by atoms with Gasteiger partial charge in [0.15, 0.2) is 0 Å². The average Bonchev–Trinajstić information content (AvgIpc) is 2.44. The third-order valence-corrected chi connectivity index (χ3v) is 2.78. The lowest BCUT2D eigenvalue weighted by Crippen LogP contribution is -1.94. The topological polar surface area (TPSA) is 22.0 Å². The predicted octanol–water partition coefficient (Wildman–Crippen LogP) is 2.96. The molecular formula is C12H12ClNO. The minimum Gasteiger partial charge on any atom is -0.349 e. The Bertz CT molecular complexity index is 528. The summed E-state index contributed by atoms with van der Waals surface area (Å²) < 4.78 is 1.97. The van der Waals surface area contributed by atoms with E-state index in [1.54, 1.807) is 6.92 Å². The molecular weight excluding hydrogens is 210 g/mol. The molecule has 3 heteroatoms. The van der Waals surface area contributed by atoms with Gasteiger partial charge in [0.2, 0.25) is 0 Å². The number of carbonyl (C=O) groups excluding carboxylic acids is 1. The summed E-state index contributed by atoms with van der Waals surface area (Å²) in [4.78, 5) is 11.1. The summed E-state index contributed by atoms with van der Waals surface area (Å²) in [6.45, 7) is 1.60. The Morgan fingerprint density at radius 3 is 2.87 bits per heavy atom. The van der Waals surface area contributed by atoms with Gasteiger partial charge >= 0.3 is 0 Å². The van der Waals surface area contributed by atoms with E-state index in [0.29, 0.717) is 6.42 Å². The second kappa shape index (κ2) is 3.70. The maximum atomic E-state index is 11.1. The summed E-state index contributed by atoms with van der Waals surface area (Å²) in [6.07, 6.45) is 2.44. The summed E-state index contributed by atoms with van der Waals surface area (Å²) in [6, 6.07) is 5.77. The zero-order valence-electron chi connectivity index (χ0n) is 8.75. The molecule has 0 saturated heterocycles. The van der Waals surface area contributed by atoms with Crippen LogP contribution in [-0.2, 0) is 18.3 Å². The van der Waals surface area contributed by atoms with Crippen molar-refractivity contribution in [2.45, 2.75) is 13.3 Å². The number of para-hydroxylation sites is 1. The van der Waals surface area contributed by atoms with Crippen LogP contribution in [0.25, 0.3) is 10.9 Å². The van der Waals surface area contributed by atoms with Gasteiger partial charge in [0, 0.05) is 25.1 Å². The van der Waals surface area contributed by atoms with Crippen LogP contribution in [0.15, 0.2) is 24.4 Å². The van der Waals surface area contributed by atoms with Gasteiger partial charge in [-0.25, -0.2) is 0 Å². The van der Waals surface area contributed by atoms with Crippen LogP contribution in [-0.4, -0.2) is 10.4 Å². The van der Waals surface area contributed by atoms with Crippen LogP contribution in [0, 0.1) is 0 Å². The zero-order valence-corrected chi connectivity index (χ0v) is 9.51. The second-order valence-corrected chi connectivity index (χ2v) is 4.19. The standard InChI is InChI=1S/C12H12ClNO/c1-8(15)6-9-7-14(2)12-10(9)4-3-5-11(12)13/h3-5,7H,6H2,1-2H3. The number of nitrogens with zero attached hydrogens (tertiary/aromatic N) is 1. The fraction of sp³-hybridized carbons (Fsp3) is 0.250. The van der Waals surface area contributed by atoms with Crippen molar-refractivity contribution in [2.24, 2.45) is 7.05 Å². The number of benzene rings is 1. The molecule has 0 aliphatic carbocycles. The van der Waals surface area contributed by atoms with Crippen LogP contribution >= 0.6 is 11.6 Å². The molecule has 0 amide bonds. The quantitative estimate of drug-likeness (QED) is 0.764. The van der Waals surface area contributed by atoms with Crippen molar-refractivity contribution >= 4 is 28.3 Å². The zero-order chi connectivity index (χ0) is 11.0. The molecule has 0 fully saturated rings. The first kappa shape index (κ1) is 10.2. The maximum Gasteiger partial charge on any atom is 0.134 e. The number of aromatic nitrogens is 1. The van der Waals surface area contributed by atoms with E-state index in [-0.39, 0.29) is 5.78 Å². The van der Waals surface area contributed by atoms with Crippen LogP contribution in [0.2, 0.25) is 5.02 Å². The minimum absolute atomic E-state index is 0.169. The van der Waals surface area contributed by atoms with Crippen LogP contribution in [0.4, 0.5) is 0 Å². The van der Waals surface area contributed by atoms with Crippen LogP contribution < -0.4 is 0 Å². The Labute approximate surface area is 93.5 Å². The summed E-state index contributed by atoms with van der Waals surface area (Å²) in [5, 5.41) is 1.80. The number of hydrogen-bond acceptors (Lipinski definition) is 1. The second-order valence-electron chi connectivity index (χ2n) is 3.78. The van der Waals surface area contributed by atoms with Crippen LogP contribution in [0.1, 0.15) is 12.5 Å². The molecule has 15 heavy (non-hydrogen) atoms. The number of ketones is 1. The van der Waals surface area contributed by atoms with E-state index in [9.17, 15) is 4.79 Å². The minimum atomic E-state index is 0.169. The highest BCUT2D eigenvalue weighted by Gasteiger charge is 2.10. The van der Waals surface area contributed by atoms with E-state index in [0.717, 1.165) is 21.5 Å². The van der Waals surface area contributed by atoms with E-state index in [4.69, 9.17) is 11.6 Å². The summed E-state index contributed by atoms with van der Waals surface area (Å²) in [5.41, 5.74) is 2.04. The molecule has 1 heterocycles. The molecule has 0 unspecified atom stereocenters. The molecule has 1 aromatic heterocycles. The predicted molar refractivity (Wildman–Crippen MR) is 62.3 cm³/mol. The van der Waals surface area contributed by atoms with E-state index in [2.05, 4.69) is 0 Å². The SMILES string of the molecule is CC(=O)Cc1cn(C)c2c(Cl)cccc12. The van der Waals surface area contributed by atoms with E-state index < -0.39 is 0 Å². The van der Waals surface area contributed by atoms with E-state index in [1.165, 1.54) is 0 Å². The number of rotatable bonds is 2. The van der Waals surface area contributed by atoms with Crippen molar-refractivity contribution in [1.29, 1.82) is 0 Å². The Kier molecular flexibility index (Phi) is 2.53. The number of halogens is 1. The summed E-state index contributed by atoms with van der Waals surface area (Å²) >= 11 is 6.11. The largest absolute Gasteiger partial charge is 0.349 e. The molecule has 1 aromatic carbocycles. The first-order valence-electron chi connectivity index (χ1n) is 4.81. The normalized spacial score (nSPS) is 10.9. The molecule has 0 bridgehead atoms. The maximum absolute atomic E-state index is 11.1. The number of hydrogen-bond donors (Lipinski definition) is 0. The molecule has 0 aliphatic rings. The lowest BCUT2D eigenvalue weighted by Gasteiger charge is -1.98. The van der Waals surface area contributed by atoms with Crippen molar-refractivity contribution < 1.29 is 4.79 Å². The lowest BCUT2D eigenvalue weighted by atomic mass is 10.1. The van der Waals surface area contributed by atoms with Gasteiger partial charge in [0.1, 0.15) is 5.78 Å². The molecule has 0 saturated carbocycles. The Hall–Kier alpha value is -1.28. The average molecular weight is 222 g/mol. The third kappa shape index (κ3) is 1.77. The first-order valence-corrected chi connectivity index (χ1v) is 5.19. The van der Waals surface area contributed by atoms with Crippen molar-refractivity contribution in [3.8, 4) is 0 Å². The van der Waals surface area contributed by atoms with Crippen LogP contribution in [0.5, 0.6) is 0 Å². The van der Waals surface area contributed by atoms with Gasteiger partial charge in [-0.15, -0.1) is 0 Å². The molecule has 0 aliphatic heterocycles. The Morgan fingerprint density at radius 2 is 2.20 bits per heavy atom. The van der Waals surface area contributed by atoms with E-state index >= 15 is 0 Å². The fourth-order valence-corrected chi connectivity index (χ4v) is 2.22. The molecule has 0 atom stereocenters. The number of Topliss-reactive ketones (excluding diaryl/α,β-unsaturated/α-hetero) is 1. The smallest absolute Gasteiger partial charge is 0.134 e. The van der Waals surface area contributed by atoms with Gasteiger partial charge in [-0.1, -0.05) is 23.7 Å². The summed E-state index contributed by atoms with van der Waals surface area (Å²) in [7, 11) is 1.94. The monoisotopic (exact) mass is 221 g/mol. The van der Waals surface area contributed by atoms with Crippen molar-refractivity contribution in [2.75, 3.05) is 0 Å². The van der Waals surface area contributed by atoms with Gasteiger partial charge in [0.25, 0.3) is 0 Å². The fourth-order valence-electron chi connectivity index (χ4n) is 1.91. The van der Waals surface area contributed by atoms with Gasteiger partial charge in [-0.3, -0.25) is 4.79 Å².